The number of nitrogens with zero attached hydrogens (tertiary/aromatic N) is 4. The maximum absolute atomic E-state index is 13.3. The number of hydrogen-bond acceptors (Lipinski definition) is 9. The van der Waals surface area contributed by atoms with Gasteiger partial charge >= 0.3 is 17.3 Å². The second-order valence-corrected chi connectivity index (χ2v) is 8.98. The number of aliphatic hydroxyl groups excluding tert-OH is 1. The highest BCUT2D eigenvalue weighted by atomic mass is 35.5. The normalized spacial score (nSPS) is 11.6. The van der Waals surface area contributed by atoms with E-state index in [1.807, 2.05) is 0 Å². The molecule has 0 fully saturated rings. The van der Waals surface area contributed by atoms with Gasteiger partial charge in [-0.25, -0.2) is 19.1 Å². The Hall–Kier alpha value is -4.48. The number of pyridine rings is 1. The highest BCUT2D eigenvalue weighted by Gasteiger charge is 2.15. The molecule has 2 aromatic heterocycles. The van der Waals surface area contributed by atoms with Crippen LogP contribution in [0, 0.1) is 0 Å². The number of methoxy groups -OCH3 is 1. The van der Waals surface area contributed by atoms with Crippen molar-refractivity contribution in [2.75, 3.05) is 12.4 Å². The molecule has 2 N–H and O–H groups in total. The lowest BCUT2D eigenvalue weighted by Crippen LogP contribution is -2.43. The van der Waals surface area contributed by atoms with E-state index < -0.39 is 23.5 Å². The van der Waals surface area contributed by atoms with Crippen LogP contribution in [0.25, 0.3) is 0 Å². The zero-order valence-corrected chi connectivity index (χ0v) is 22.0. The summed E-state index contributed by atoms with van der Waals surface area (Å²) < 4.78 is 12.6. The van der Waals surface area contributed by atoms with Crippen LogP contribution in [0.3, 0.4) is 0 Å². The minimum atomic E-state index is -0.801. The van der Waals surface area contributed by atoms with Gasteiger partial charge in [-0.15, -0.1) is 0 Å². The Morgan fingerprint density at radius 2 is 1.77 bits per heavy atom. The van der Waals surface area contributed by atoms with Crippen molar-refractivity contribution in [3.63, 3.8) is 0 Å². The van der Waals surface area contributed by atoms with E-state index in [-0.39, 0.29) is 25.5 Å². The van der Waals surface area contributed by atoms with Crippen molar-refractivity contribution in [2.45, 2.75) is 32.5 Å². The zero-order chi connectivity index (χ0) is 27.9. The molecule has 0 saturated carbocycles. The third-order valence-electron chi connectivity index (χ3n) is 5.75. The summed E-state index contributed by atoms with van der Waals surface area (Å²) in [7, 11) is 1.23. The van der Waals surface area contributed by atoms with Crippen LogP contribution in [0.15, 0.2) is 76.4 Å². The van der Waals surface area contributed by atoms with Crippen LogP contribution in [0.5, 0.6) is 11.6 Å². The number of esters is 1. The van der Waals surface area contributed by atoms with E-state index in [1.165, 1.54) is 17.9 Å². The van der Waals surface area contributed by atoms with Gasteiger partial charge in [0.2, 0.25) is 11.8 Å². The first-order valence-corrected chi connectivity index (χ1v) is 12.3. The van der Waals surface area contributed by atoms with E-state index in [9.17, 15) is 19.5 Å². The van der Waals surface area contributed by atoms with Crippen molar-refractivity contribution in [1.82, 2.24) is 19.1 Å². The summed E-state index contributed by atoms with van der Waals surface area (Å²) in [5.41, 5.74) is 0.533. The van der Waals surface area contributed by atoms with Crippen molar-refractivity contribution in [3.05, 3.63) is 104 Å². The monoisotopic (exact) mass is 551 g/mol. The molecule has 0 aliphatic carbocycles. The van der Waals surface area contributed by atoms with E-state index in [0.717, 1.165) is 10.1 Å². The Kier molecular flexibility index (Phi) is 8.74. The summed E-state index contributed by atoms with van der Waals surface area (Å²) in [5, 5.41) is 13.2. The van der Waals surface area contributed by atoms with Crippen molar-refractivity contribution in [1.29, 1.82) is 0 Å². The number of nitrogens with one attached hydrogen (secondary N) is 1. The van der Waals surface area contributed by atoms with Gasteiger partial charge in [0.05, 0.1) is 26.2 Å². The Morgan fingerprint density at radius 1 is 1.05 bits per heavy atom. The Labute approximate surface area is 228 Å². The first-order chi connectivity index (χ1) is 18.7. The molecule has 0 amide bonds. The summed E-state index contributed by atoms with van der Waals surface area (Å²) >= 11 is 5.99. The summed E-state index contributed by atoms with van der Waals surface area (Å²) in [6.07, 6.45) is 0.756. The number of aliphatic hydroxyl groups is 1. The van der Waals surface area contributed by atoms with Crippen LogP contribution in [-0.2, 0) is 22.6 Å². The minimum Gasteiger partial charge on any atom is -0.469 e. The van der Waals surface area contributed by atoms with E-state index in [0.29, 0.717) is 27.9 Å². The van der Waals surface area contributed by atoms with Gasteiger partial charge in [0.1, 0.15) is 5.75 Å². The maximum atomic E-state index is 13.3. The van der Waals surface area contributed by atoms with Crippen LogP contribution in [0.1, 0.15) is 30.6 Å². The number of ether oxygens (including phenoxy) is 2. The third kappa shape index (κ3) is 7.09. The van der Waals surface area contributed by atoms with Gasteiger partial charge in [-0.05, 0) is 60.5 Å². The molecule has 2 aromatic carbocycles. The fraction of sp³-hybridized carbons (Fsp3) is 0.222. The molecule has 12 heteroatoms. The predicted molar refractivity (Wildman–Crippen MR) is 145 cm³/mol. The number of rotatable bonds is 10. The SMILES string of the molecule is COC(=O)CCn1c(=O)nc(Nc2ccc(Oc3ccc(C(C)O)cn3)cc2)n(Cc2ccc(Cl)cc2)c1=O. The molecular weight excluding hydrogens is 526 g/mol. The summed E-state index contributed by atoms with van der Waals surface area (Å²) in [6, 6.07) is 17.1. The molecule has 0 aliphatic rings. The zero-order valence-electron chi connectivity index (χ0n) is 21.2. The highest BCUT2D eigenvalue weighted by molar-refractivity contribution is 6.30. The van der Waals surface area contributed by atoms with Crippen molar-refractivity contribution < 1.29 is 19.4 Å². The number of carbonyl (C=O) groups excluding carboxylic acids is 1. The lowest BCUT2D eigenvalue weighted by molar-refractivity contribution is -0.140. The summed E-state index contributed by atoms with van der Waals surface area (Å²) in [4.78, 5) is 45.9. The van der Waals surface area contributed by atoms with Crippen LogP contribution in [0.4, 0.5) is 11.6 Å². The average Bonchev–Trinajstić information content (AvgIpc) is 2.93. The molecule has 0 saturated heterocycles. The lowest BCUT2D eigenvalue weighted by atomic mass is 10.2. The largest absolute Gasteiger partial charge is 0.469 e. The Balaban J connectivity index is 1.59. The molecule has 0 bridgehead atoms. The minimum absolute atomic E-state index is 0.0262. The molecule has 0 radical (unpaired) electrons. The van der Waals surface area contributed by atoms with Gasteiger partial charge < -0.3 is 19.9 Å². The fourth-order valence-electron chi connectivity index (χ4n) is 3.59. The molecule has 1 atom stereocenters. The molecule has 4 rings (SSSR count). The van der Waals surface area contributed by atoms with Gasteiger partial charge in [0.25, 0.3) is 0 Å². The molecule has 11 nitrogen and oxygen atoms in total. The van der Waals surface area contributed by atoms with Gasteiger partial charge in [0, 0.05) is 29.5 Å². The Morgan fingerprint density at radius 3 is 2.38 bits per heavy atom. The summed E-state index contributed by atoms with van der Waals surface area (Å²) in [5.74, 6) is 0.333. The van der Waals surface area contributed by atoms with E-state index in [4.69, 9.17) is 16.3 Å². The number of aromatic nitrogens is 4. The Bertz CT molecular complexity index is 1550. The van der Waals surface area contributed by atoms with Gasteiger partial charge in [-0.3, -0.25) is 9.36 Å². The predicted octanol–water partition coefficient (Wildman–Crippen LogP) is 3.65. The van der Waals surface area contributed by atoms with E-state index in [2.05, 4.69) is 20.0 Å². The maximum Gasteiger partial charge on any atom is 0.354 e. The number of halogens is 1. The molecule has 2 heterocycles. The first kappa shape index (κ1) is 27.6. The van der Waals surface area contributed by atoms with Crippen LogP contribution >= 0.6 is 11.6 Å². The number of anilines is 2. The standard InChI is InChI=1S/C27H26ClN5O6/c1-17(34)19-5-12-23(29-15-19)39-22-10-8-21(9-11-22)30-25-31-26(36)32(14-13-24(35)38-2)27(37)33(25)16-18-3-6-20(28)7-4-18/h3-12,15,17,34H,13-14,16H2,1-2H3,(H,30,31,36). The molecule has 1 unspecified atom stereocenters. The summed E-state index contributed by atoms with van der Waals surface area (Å²) in [6.45, 7) is 1.58. The van der Waals surface area contributed by atoms with Crippen molar-refractivity contribution in [2.24, 2.45) is 0 Å². The third-order valence-corrected chi connectivity index (χ3v) is 6.00. The van der Waals surface area contributed by atoms with Crippen LogP contribution in [-0.4, -0.2) is 37.3 Å². The van der Waals surface area contributed by atoms with Crippen molar-refractivity contribution in [3.8, 4) is 11.6 Å². The molecule has 39 heavy (non-hydrogen) atoms. The first-order valence-electron chi connectivity index (χ1n) is 12.0. The number of benzene rings is 2. The lowest BCUT2D eigenvalue weighted by Gasteiger charge is -2.16. The van der Waals surface area contributed by atoms with E-state index in [1.54, 1.807) is 67.6 Å². The molecule has 202 valence electrons. The average molecular weight is 552 g/mol. The fourth-order valence-corrected chi connectivity index (χ4v) is 3.72. The van der Waals surface area contributed by atoms with Crippen LogP contribution < -0.4 is 21.4 Å². The number of carbonyl (C=O) groups is 1. The molecule has 0 aliphatic heterocycles. The highest BCUT2D eigenvalue weighted by Crippen LogP contribution is 2.24. The molecular formula is C27H26ClN5O6. The van der Waals surface area contributed by atoms with Gasteiger partial charge in [-0.2, -0.15) is 4.98 Å². The molecule has 0 spiro atoms. The smallest absolute Gasteiger partial charge is 0.354 e. The van der Waals surface area contributed by atoms with Gasteiger partial charge in [0.15, 0.2) is 0 Å². The van der Waals surface area contributed by atoms with Gasteiger partial charge in [-0.1, -0.05) is 23.7 Å². The van der Waals surface area contributed by atoms with Crippen molar-refractivity contribution >= 4 is 29.2 Å². The second-order valence-electron chi connectivity index (χ2n) is 8.55. The molecule has 4 aromatic rings. The quantitative estimate of drug-likeness (QED) is 0.283. The number of hydrogen-bond donors (Lipinski definition) is 2. The van der Waals surface area contributed by atoms with E-state index >= 15 is 0 Å². The second kappa shape index (κ2) is 12.4. The topological polar surface area (TPSA) is 138 Å². The van der Waals surface area contributed by atoms with Crippen LogP contribution in [0.2, 0.25) is 5.02 Å².